The highest BCUT2D eigenvalue weighted by molar-refractivity contribution is 6.51. The second-order valence-electron chi connectivity index (χ2n) is 8.51. The van der Waals surface area contributed by atoms with Gasteiger partial charge in [0.05, 0.1) is 18.7 Å². The van der Waals surface area contributed by atoms with Gasteiger partial charge < -0.3 is 14.6 Å². The lowest BCUT2D eigenvalue weighted by Crippen LogP contribution is -2.29. The Balaban J connectivity index is 1.72. The molecular weight excluding hydrogens is 499 g/mol. The number of aliphatic hydroxyl groups excluding tert-OH is 1. The fourth-order valence-electron chi connectivity index (χ4n) is 4.61. The van der Waals surface area contributed by atoms with E-state index >= 15 is 0 Å². The minimum Gasteiger partial charge on any atom is -0.507 e. The van der Waals surface area contributed by atoms with E-state index in [0.717, 1.165) is 22.4 Å². The summed E-state index contributed by atoms with van der Waals surface area (Å²) in [5, 5.41) is 13.0. The molecule has 4 aromatic rings. The summed E-state index contributed by atoms with van der Waals surface area (Å²) < 4.78 is 47.9. The Morgan fingerprint density at radius 2 is 1.55 bits per heavy atom. The first kappa shape index (κ1) is 24.9. The summed E-state index contributed by atoms with van der Waals surface area (Å²) >= 11 is 0. The van der Waals surface area contributed by atoms with Crippen molar-refractivity contribution in [2.75, 3.05) is 12.0 Å². The number of rotatable bonds is 5. The Morgan fingerprint density at radius 1 is 0.868 bits per heavy atom. The molecule has 1 fully saturated rings. The number of amides is 1. The number of alkyl halides is 3. The van der Waals surface area contributed by atoms with Gasteiger partial charge >= 0.3 is 6.36 Å². The summed E-state index contributed by atoms with van der Waals surface area (Å²) in [5.41, 5.74) is 0.577. The molecule has 1 saturated heterocycles. The van der Waals surface area contributed by atoms with Crippen LogP contribution in [0, 0.1) is 0 Å². The number of fused-ring (bicyclic) bond motifs is 1. The van der Waals surface area contributed by atoms with Gasteiger partial charge in [-0.2, -0.15) is 0 Å². The maximum Gasteiger partial charge on any atom is 0.573 e. The summed E-state index contributed by atoms with van der Waals surface area (Å²) in [7, 11) is 1.48. The van der Waals surface area contributed by atoms with Gasteiger partial charge in [0.1, 0.15) is 17.3 Å². The molecule has 1 unspecified atom stereocenters. The Hall–Kier alpha value is -4.79. The topological polar surface area (TPSA) is 76.1 Å². The van der Waals surface area contributed by atoms with Crippen LogP contribution in [0.1, 0.15) is 17.2 Å². The number of halogens is 3. The molecule has 0 bridgehead atoms. The van der Waals surface area contributed by atoms with Crippen LogP contribution in [0.5, 0.6) is 11.5 Å². The number of Topliss-reactive ketones (excluding diaryl/α,β-unsaturated/α-hetero) is 1. The third kappa shape index (κ3) is 4.54. The van der Waals surface area contributed by atoms with Crippen LogP contribution in [-0.2, 0) is 9.59 Å². The molecule has 0 spiro atoms. The molecular formula is C29H20F3NO5. The summed E-state index contributed by atoms with van der Waals surface area (Å²) in [6, 6.07) is 22.6. The lowest BCUT2D eigenvalue weighted by Gasteiger charge is -2.26. The van der Waals surface area contributed by atoms with Crippen LogP contribution in [0.2, 0.25) is 0 Å². The molecule has 1 heterocycles. The largest absolute Gasteiger partial charge is 0.573 e. The summed E-state index contributed by atoms with van der Waals surface area (Å²) in [6.45, 7) is 0. The zero-order valence-corrected chi connectivity index (χ0v) is 19.9. The van der Waals surface area contributed by atoms with Crippen LogP contribution in [-0.4, -0.2) is 30.3 Å². The monoisotopic (exact) mass is 519 g/mol. The molecule has 0 aliphatic carbocycles. The Labute approximate surface area is 215 Å². The predicted octanol–water partition coefficient (Wildman–Crippen LogP) is 6.37. The van der Waals surface area contributed by atoms with E-state index in [1.54, 1.807) is 48.5 Å². The van der Waals surface area contributed by atoms with Crippen molar-refractivity contribution < 1.29 is 37.3 Å². The number of methoxy groups -OCH3 is 1. The normalized spacial score (nSPS) is 17.2. The number of hydrogen-bond donors (Lipinski definition) is 1. The van der Waals surface area contributed by atoms with E-state index in [0.29, 0.717) is 22.3 Å². The second kappa shape index (κ2) is 9.59. The fourth-order valence-corrected chi connectivity index (χ4v) is 4.61. The van der Waals surface area contributed by atoms with E-state index in [9.17, 15) is 27.9 Å². The minimum atomic E-state index is -4.95. The molecule has 1 aliphatic heterocycles. The van der Waals surface area contributed by atoms with Crippen molar-refractivity contribution >= 4 is 33.9 Å². The van der Waals surface area contributed by atoms with Crippen molar-refractivity contribution in [2.45, 2.75) is 12.4 Å². The third-order valence-corrected chi connectivity index (χ3v) is 6.25. The molecule has 1 atom stereocenters. The van der Waals surface area contributed by atoms with Crippen molar-refractivity contribution in [1.29, 1.82) is 0 Å². The van der Waals surface area contributed by atoms with E-state index in [2.05, 4.69) is 4.74 Å². The maximum absolute atomic E-state index is 13.4. The summed E-state index contributed by atoms with van der Waals surface area (Å²) in [5.74, 6) is -2.42. The summed E-state index contributed by atoms with van der Waals surface area (Å²) in [4.78, 5) is 27.8. The molecule has 38 heavy (non-hydrogen) atoms. The van der Waals surface area contributed by atoms with Crippen LogP contribution in [0.15, 0.2) is 96.6 Å². The first-order chi connectivity index (χ1) is 18.2. The molecule has 5 rings (SSSR count). The smallest absolute Gasteiger partial charge is 0.507 e. The predicted molar refractivity (Wildman–Crippen MR) is 135 cm³/mol. The third-order valence-electron chi connectivity index (χ3n) is 6.25. The Bertz CT molecular complexity index is 1570. The molecule has 1 aliphatic rings. The SMILES string of the molecule is COc1ccc(C2/C(=C(/O)c3cccc4ccccc34)C(=O)C(=O)N2c2cccc(OC(F)(F)F)c2)cc1. The lowest BCUT2D eigenvalue weighted by molar-refractivity contribution is -0.274. The van der Waals surface area contributed by atoms with Crippen LogP contribution in [0.3, 0.4) is 0 Å². The standard InChI is InChI=1S/C29H20F3NO5/c1-37-20-14-12-18(13-15-20)25-24(26(34)23-11-4-7-17-6-2-3-10-22(17)23)27(35)28(36)33(25)19-8-5-9-21(16-19)38-29(30,31)32/h2-16,25,34H,1H3/b26-24-. The van der Waals surface area contributed by atoms with Gasteiger partial charge in [0.15, 0.2) is 0 Å². The summed E-state index contributed by atoms with van der Waals surface area (Å²) in [6.07, 6.45) is -4.95. The van der Waals surface area contributed by atoms with Gasteiger partial charge in [-0.1, -0.05) is 60.7 Å². The zero-order chi connectivity index (χ0) is 27.0. The number of nitrogens with zero attached hydrogens (tertiary/aromatic N) is 1. The molecule has 0 saturated carbocycles. The van der Waals surface area contributed by atoms with Gasteiger partial charge in [-0.05, 0) is 40.6 Å². The molecule has 4 aromatic carbocycles. The number of carbonyl (C=O) groups is 2. The first-order valence-electron chi connectivity index (χ1n) is 11.5. The zero-order valence-electron chi connectivity index (χ0n) is 19.9. The number of aliphatic hydroxyl groups is 1. The number of ether oxygens (including phenoxy) is 2. The van der Waals surface area contributed by atoms with Crippen LogP contribution >= 0.6 is 0 Å². The molecule has 0 radical (unpaired) electrons. The van der Waals surface area contributed by atoms with E-state index < -0.39 is 35.6 Å². The number of benzene rings is 4. The molecule has 1 amide bonds. The van der Waals surface area contributed by atoms with Gasteiger partial charge in [0, 0.05) is 17.3 Å². The van der Waals surface area contributed by atoms with E-state index in [-0.39, 0.29) is 11.3 Å². The second-order valence-corrected chi connectivity index (χ2v) is 8.51. The van der Waals surface area contributed by atoms with Crippen molar-refractivity contribution in [1.82, 2.24) is 0 Å². The Kier molecular flexibility index (Phi) is 6.28. The van der Waals surface area contributed by atoms with Gasteiger partial charge in [-0.15, -0.1) is 13.2 Å². The maximum atomic E-state index is 13.4. The van der Waals surface area contributed by atoms with Crippen molar-refractivity contribution in [3.05, 3.63) is 108 Å². The average Bonchev–Trinajstić information content (AvgIpc) is 3.17. The average molecular weight is 519 g/mol. The van der Waals surface area contributed by atoms with Gasteiger partial charge in [-0.25, -0.2) is 0 Å². The van der Waals surface area contributed by atoms with E-state index in [1.807, 2.05) is 18.2 Å². The van der Waals surface area contributed by atoms with Crippen LogP contribution in [0.4, 0.5) is 18.9 Å². The van der Waals surface area contributed by atoms with E-state index in [1.165, 1.54) is 19.2 Å². The van der Waals surface area contributed by atoms with Crippen molar-refractivity contribution in [2.24, 2.45) is 0 Å². The van der Waals surface area contributed by atoms with Gasteiger partial charge in [-0.3, -0.25) is 14.5 Å². The quantitative estimate of drug-likeness (QED) is 0.188. The van der Waals surface area contributed by atoms with Crippen molar-refractivity contribution in [3.63, 3.8) is 0 Å². The van der Waals surface area contributed by atoms with Gasteiger partial charge in [0.25, 0.3) is 11.7 Å². The molecule has 192 valence electrons. The highest BCUT2D eigenvalue weighted by Crippen LogP contribution is 2.44. The molecule has 1 N–H and O–H groups in total. The number of anilines is 1. The van der Waals surface area contributed by atoms with E-state index in [4.69, 9.17) is 4.74 Å². The Morgan fingerprint density at radius 3 is 2.26 bits per heavy atom. The van der Waals surface area contributed by atoms with Crippen LogP contribution < -0.4 is 14.4 Å². The molecule has 0 aromatic heterocycles. The number of hydrogen-bond acceptors (Lipinski definition) is 5. The molecule has 6 nitrogen and oxygen atoms in total. The van der Waals surface area contributed by atoms with Crippen LogP contribution in [0.25, 0.3) is 16.5 Å². The number of carbonyl (C=O) groups excluding carboxylic acids is 2. The highest BCUT2D eigenvalue weighted by Gasteiger charge is 2.47. The molecule has 9 heteroatoms. The fraction of sp³-hybridized carbons (Fsp3) is 0.103. The van der Waals surface area contributed by atoms with Crippen molar-refractivity contribution in [3.8, 4) is 11.5 Å². The van der Waals surface area contributed by atoms with Gasteiger partial charge in [0.2, 0.25) is 0 Å². The minimum absolute atomic E-state index is 0.00774. The number of ketones is 1. The first-order valence-corrected chi connectivity index (χ1v) is 11.5. The highest BCUT2D eigenvalue weighted by atomic mass is 19.4. The lowest BCUT2D eigenvalue weighted by atomic mass is 9.93.